The van der Waals surface area contributed by atoms with Gasteiger partial charge in [-0.3, -0.25) is 14.4 Å². The van der Waals surface area contributed by atoms with E-state index in [0.717, 1.165) is 0 Å². The number of Topliss-reactive ketones (excluding diaryl/α,β-unsaturated/α-hetero) is 3. The van der Waals surface area contributed by atoms with Crippen molar-refractivity contribution in [3.63, 3.8) is 0 Å². The molecule has 1 N–H and O–H groups in total. The van der Waals surface area contributed by atoms with Gasteiger partial charge in [0.1, 0.15) is 18.0 Å². The zero-order valence-electron chi connectivity index (χ0n) is 7.86. The molecule has 0 spiro atoms. The van der Waals surface area contributed by atoms with E-state index < -0.39 is 23.8 Å². The Morgan fingerprint density at radius 1 is 1.43 bits per heavy atom. The third kappa shape index (κ3) is 3.35. The maximum absolute atomic E-state index is 11.1. The summed E-state index contributed by atoms with van der Waals surface area (Å²) in [5.74, 6) is -1.30. The van der Waals surface area contributed by atoms with Crippen LogP contribution in [0.5, 0.6) is 0 Å². The second kappa shape index (κ2) is 4.43. The lowest BCUT2D eigenvalue weighted by Gasteiger charge is -2.01. The molecule has 0 aromatic rings. The highest BCUT2D eigenvalue weighted by atomic mass is 16.6. The van der Waals surface area contributed by atoms with E-state index in [1.807, 2.05) is 0 Å². The van der Waals surface area contributed by atoms with Crippen molar-refractivity contribution in [1.82, 2.24) is 0 Å². The van der Waals surface area contributed by atoms with E-state index in [4.69, 9.17) is 5.11 Å². The summed E-state index contributed by atoms with van der Waals surface area (Å²) in [5.41, 5.74) is 0. The molecule has 0 aromatic heterocycles. The molecule has 5 nitrogen and oxygen atoms in total. The number of aliphatic hydroxyl groups is 1. The predicted octanol–water partition coefficient (Wildman–Crippen LogP) is -0.747. The first kappa shape index (κ1) is 11.0. The molecule has 0 saturated carbocycles. The highest BCUT2D eigenvalue weighted by Crippen LogP contribution is 2.12. The first-order chi connectivity index (χ1) is 6.50. The van der Waals surface area contributed by atoms with Crippen LogP contribution in [0.2, 0.25) is 0 Å². The molecule has 14 heavy (non-hydrogen) atoms. The summed E-state index contributed by atoms with van der Waals surface area (Å²) in [7, 11) is 0. The molecule has 1 rings (SSSR count). The fourth-order valence-electron chi connectivity index (χ4n) is 0.947. The van der Waals surface area contributed by atoms with E-state index >= 15 is 0 Å². The number of hydrogen-bond donors (Lipinski definition) is 1. The minimum absolute atomic E-state index is 0.275. The lowest BCUT2D eigenvalue weighted by molar-refractivity contribution is -0.133. The topological polar surface area (TPSA) is 84.0 Å². The summed E-state index contributed by atoms with van der Waals surface area (Å²) >= 11 is 0. The molecule has 0 aliphatic carbocycles. The molecule has 78 valence electrons. The molecule has 2 unspecified atom stereocenters. The Morgan fingerprint density at radius 3 is 2.43 bits per heavy atom. The van der Waals surface area contributed by atoms with Gasteiger partial charge in [0.2, 0.25) is 0 Å². The second-order valence-electron chi connectivity index (χ2n) is 3.32. The normalized spacial score (nSPS) is 21.4. The monoisotopic (exact) mass is 200 g/mol. The fourth-order valence-corrected chi connectivity index (χ4v) is 0.947. The van der Waals surface area contributed by atoms with E-state index in [0.29, 0.717) is 6.61 Å². The number of aliphatic hydroxyl groups excluding tert-OH is 1. The van der Waals surface area contributed by atoms with Crippen LogP contribution in [0.3, 0.4) is 0 Å². The van der Waals surface area contributed by atoms with Gasteiger partial charge in [0.05, 0.1) is 19.4 Å². The average molecular weight is 200 g/mol. The van der Waals surface area contributed by atoms with Crippen LogP contribution in [0.15, 0.2) is 0 Å². The molecule has 5 heteroatoms. The Bertz CT molecular complexity index is 246. The van der Waals surface area contributed by atoms with Gasteiger partial charge in [-0.25, -0.2) is 0 Å². The number of epoxide rings is 1. The summed E-state index contributed by atoms with van der Waals surface area (Å²) in [6.07, 6.45) is -2.24. The lowest BCUT2D eigenvalue weighted by atomic mass is 10.1. The number of carbonyl (C=O) groups is 3. The van der Waals surface area contributed by atoms with Gasteiger partial charge in [-0.1, -0.05) is 0 Å². The van der Waals surface area contributed by atoms with Crippen LogP contribution in [0.4, 0.5) is 0 Å². The van der Waals surface area contributed by atoms with Crippen molar-refractivity contribution in [2.45, 2.75) is 32.0 Å². The van der Waals surface area contributed by atoms with E-state index in [2.05, 4.69) is 4.74 Å². The molecule has 1 aliphatic heterocycles. The molecular formula is C9H12O5. The predicted molar refractivity (Wildman–Crippen MR) is 45.7 cm³/mol. The highest BCUT2D eigenvalue weighted by molar-refractivity contribution is 6.09. The van der Waals surface area contributed by atoms with Gasteiger partial charge in [0, 0.05) is 0 Å². The molecule has 1 aliphatic rings. The van der Waals surface area contributed by atoms with Crippen molar-refractivity contribution in [2.24, 2.45) is 0 Å². The fraction of sp³-hybridized carbons (Fsp3) is 0.667. The zero-order chi connectivity index (χ0) is 10.7. The van der Waals surface area contributed by atoms with Crippen molar-refractivity contribution in [2.75, 3.05) is 6.61 Å². The summed E-state index contributed by atoms with van der Waals surface area (Å²) in [5, 5.41) is 8.81. The Hall–Kier alpha value is -1.07. The van der Waals surface area contributed by atoms with E-state index in [9.17, 15) is 14.4 Å². The van der Waals surface area contributed by atoms with Crippen LogP contribution in [0.25, 0.3) is 0 Å². The third-order valence-corrected chi connectivity index (χ3v) is 1.90. The Morgan fingerprint density at radius 2 is 2.00 bits per heavy atom. The van der Waals surface area contributed by atoms with Gasteiger partial charge in [-0.15, -0.1) is 0 Å². The molecular weight excluding hydrogens is 188 g/mol. The molecule has 0 bridgehead atoms. The van der Waals surface area contributed by atoms with Gasteiger partial charge < -0.3 is 9.84 Å². The van der Waals surface area contributed by atoms with Crippen molar-refractivity contribution in [3.8, 4) is 0 Å². The maximum atomic E-state index is 11.1. The summed E-state index contributed by atoms with van der Waals surface area (Å²) in [6.45, 7) is 1.66. The van der Waals surface area contributed by atoms with Crippen LogP contribution in [-0.2, 0) is 19.1 Å². The van der Waals surface area contributed by atoms with Gasteiger partial charge in [0.25, 0.3) is 0 Å². The number of hydrogen-bond acceptors (Lipinski definition) is 5. The first-order valence-corrected chi connectivity index (χ1v) is 4.37. The highest BCUT2D eigenvalue weighted by Gasteiger charge is 2.32. The second-order valence-corrected chi connectivity index (χ2v) is 3.32. The quantitative estimate of drug-likeness (QED) is 0.450. The summed E-state index contributed by atoms with van der Waals surface area (Å²) in [6, 6.07) is 0. The van der Waals surface area contributed by atoms with Crippen LogP contribution in [0, 0.1) is 0 Å². The van der Waals surface area contributed by atoms with Gasteiger partial charge in [-0.05, 0) is 6.92 Å². The largest absolute Gasteiger partial charge is 0.386 e. The SMILES string of the molecule is CC(O)C(=O)CC(=O)CC(=O)C1CO1. The first-order valence-electron chi connectivity index (χ1n) is 4.37. The van der Waals surface area contributed by atoms with E-state index in [1.54, 1.807) is 0 Å². The Balaban J connectivity index is 2.27. The summed E-state index contributed by atoms with van der Waals surface area (Å²) < 4.78 is 4.69. The van der Waals surface area contributed by atoms with Crippen molar-refractivity contribution >= 4 is 17.3 Å². The van der Waals surface area contributed by atoms with Crippen molar-refractivity contribution < 1.29 is 24.2 Å². The average Bonchev–Trinajstić information content (AvgIpc) is 2.85. The molecule has 1 fully saturated rings. The number of ketones is 3. The molecule has 2 atom stereocenters. The standard InChI is InChI=1S/C9H12O5/c1-5(10)7(12)2-6(11)3-8(13)9-4-14-9/h5,9-10H,2-4H2,1H3. The smallest absolute Gasteiger partial charge is 0.171 e. The van der Waals surface area contributed by atoms with Crippen LogP contribution in [0.1, 0.15) is 19.8 Å². The Labute approximate surface area is 81.0 Å². The van der Waals surface area contributed by atoms with E-state index in [1.165, 1.54) is 6.92 Å². The minimum atomic E-state index is -1.15. The molecule has 0 radical (unpaired) electrons. The molecule has 0 aromatic carbocycles. The Kier molecular flexibility index (Phi) is 3.49. The third-order valence-electron chi connectivity index (χ3n) is 1.90. The van der Waals surface area contributed by atoms with Gasteiger partial charge in [0.15, 0.2) is 11.6 Å². The number of rotatable bonds is 6. The molecule has 1 saturated heterocycles. The molecule has 1 heterocycles. The zero-order valence-corrected chi connectivity index (χ0v) is 7.86. The number of carbonyl (C=O) groups excluding carboxylic acids is 3. The molecule has 0 amide bonds. The van der Waals surface area contributed by atoms with Crippen molar-refractivity contribution in [1.29, 1.82) is 0 Å². The number of ether oxygens (including phenoxy) is 1. The van der Waals surface area contributed by atoms with Crippen LogP contribution in [-0.4, -0.2) is 41.3 Å². The van der Waals surface area contributed by atoms with Gasteiger partial charge in [-0.2, -0.15) is 0 Å². The van der Waals surface area contributed by atoms with Gasteiger partial charge >= 0.3 is 0 Å². The minimum Gasteiger partial charge on any atom is -0.386 e. The maximum Gasteiger partial charge on any atom is 0.171 e. The summed E-state index contributed by atoms with van der Waals surface area (Å²) in [4.78, 5) is 33.0. The lowest BCUT2D eigenvalue weighted by Crippen LogP contribution is -2.22. The van der Waals surface area contributed by atoms with Crippen LogP contribution < -0.4 is 0 Å². The van der Waals surface area contributed by atoms with Crippen LogP contribution >= 0.6 is 0 Å². The van der Waals surface area contributed by atoms with E-state index in [-0.39, 0.29) is 18.6 Å². The van der Waals surface area contributed by atoms with Crippen molar-refractivity contribution in [3.05, 3.63) is 0 Å².